The van der Waals surface area contributed by atoms with Crippen LogP contribution in [0.5, 0.6) is 0 Å². The molecule has 0 aliphatic heterocycles. The number of para-hydroxylation sites is 3. The van der Waals surface area contributed by atoms with E-state index in [-0.39, 0.29) is 153 Å². The van der Waals surface area contributed by atoms with Crippen LogP contribution in [0, 0.1) is 0 Å². The Hall–Kier alpha value is -17.0. The fourth-order valence-corrected chi connectivity index (χ4v) is 22.9. The Kier molecular flexibility index (Phi) is 13.4. The molecule has 0 saturated heterocycles. The third-order valence-corrected chi connectivity index (χ3v) is 29.2. The highest BCUT2D eigenvalue weighted by atomic mass is 16.3. The summed E-state index contributed by atoms with van der Waals surface area (Å²) < 4.78 is 237. The monoisotopic (exact) mass is 1780 g/mol. The Morgan fingerprint density at radius 1 is 0.159 bits per heavy atom. The molecule has 3 aromatic heterocycles. The number of hydrogen-bond donors (Lipinski definition) is 0. The molecule has 0 spiro atoms. The minimum Gasteiger partial charge on any atom is -0.456 e. The van der Waals surface area contributed by atoms with Gasteiger partial charge in [-0.3, -0.25) is 0 Å². The van der Waals surface area contributed by atoms with Crippen LogP contribution in [0.15, 0.2) is 462 Å². The first-order chi connectivity index (χ1) is 77.7. The number of hydrogen-bond acceptors (Lipinski definition) is 3. The van der Waals surface area contributed by atoms with Gasteiger partial charge in [0.2, 0.25) is 0 Å². The molecule has 0 unspecified atom stereocenters. The van der Waals surface area contributed by atoms with Crippen LogP contribution in [0.2, 0.25) is 0 Å². The first-order valence-corrected chi connectivity index (χ1v) is 46.3. The zero-order chi connectivity index (χ0) is 113. The summed E-state index contributed by atoms with van der Waals surface area (Å²) in [6.45, 7) is 13.3. The second kappa shape index (κ2) is 31.0. The average molecular weight is 1790 g/mol. The van der Waals surface area contributed by atoms with Crippen LogP contribution in [0.3, 0.4) is 0 Å². The predicted octanol–water partition coefficient (Wildman–Crippen LogP) is 37.9. The van der Waals surface area contributed by atoms with Crippen molar-refractivity contribution in [2.45, 2.75) is 57.8 Å². The zero-order valence-electron chi connectivity index (χ0n) is 99.6. The van der Waals surface area contributed by atoms with Crippen molar-refractivity contribution < 1.29 is 46.1 Å². The average Bonchev–Trinajstić information content (AvgIpc) is 0.862. The van der Waals surface area contributed by atoms with E-state index in [0.717, 1.165) is 60.7 Å². The molecule has 23 aromatic carbocycles. The predicted molar refractivity (Wildman–Crippen MR) is 582 cm³/mol. The summed E-state index contributed by atoms with van der Waals surface area (Å²) in [6, 6.07) is 89.6. The molecule has 0 fully saturated rings. The zero-order valence-corrected chi connectivity index (χ0v) is 75.6. The third-order valence-electron chi connectivity index (χ3n) is 29.2. The molecule has 0 amide bonds. The Bertz CT molecular complexity index is 11000. The maximum atomic E-state index is 9.44. The molecule has 29 rings (SSSR count). The summed E-state index contributed by atoms with van der Waals surface area (Å²) in [6.07, 6.45) is 0. The largest absolute Gasteiger partial charge is 0.456 e. The van der Waals surface area contributed by atoms with Gasteiger partial charge in [-0.2, -0.15) is 0 Å². The van der Waals surface area contributed by atoms with Crippen molar-refractivity contribution in [3.05, 3.63) is 482 Å². The molecule has 3 nitrogen and oxygen atoms in total. The van der Waals surface area contributed by atoms with Crippen LogP contribution in [0.4, 0.5) is 0 Å². The van der Waals surface area contributed by atoms with E-state index in [1.165, 1.54) is 44.5 Å². The van der Waals surface area contributed by atoms with Gasteiger partial charge in [-0.1, -0.05) is 429 Å². The van der Waals surface area contributed by atoms with Crippen molar-refractivity contribution in [1.82, 2.24) is 0 Å². The van der Waals surface area contributed by atoms with E-state index in [0.29, 0.717) is 116 Å². The molecular weight excluding hydrogens is 1670 g/mol. The lowest BCUT2D eigenvalue weighted by atomic mass is 9.81. The van der Waals surface area contributed by atoms with Gasteiger partial charge in [-0.15, -0.1) is 0 Å². The van der Waals surface area contributed by atoms with Crippen molar-refractivity contribution in [3.8, 4) is 122 Å². The van der Waals surface area contributed by atoms with Gasteiger partial charge in [0, 0.05) is 48.6 Å². The molecule has 0 atom stereocenters. The molecule has 138 heavy (non-hydrogen) atoms. The van der Waals surface area contributed by atoms with E-state index in [4.69, 9.17) is 29.7 Å². The normalized spacial score (nSPS) is 15.9. The van der Waals surface area contributed by atoms with Gasteiger partial charge in [0.15, 0.2) is 0 Å². The fraction of sp³-hybridized carbons (Fsp3) is 0.0667. The fourth-order valence-electron chi connectivity index (χ4n) is 22.9. The number of benzene rings is 23. The molecule has 3 aliphatic carbocycles. The van der Waals surface area contributed by atoms with E-state index < -0.39 is 72.5 Å². The van der Waals surface area contributed by atoms with Crippen molar-refractivity contribution in [2.24, 2.45) is 0 Å². The van der Waals surface area contributed by atoms with Crippen molar-refractivity contribution in [3.63, 3.8) is 0 Å². The minimum atomic E-state index is -0.436. The molecule has 3 heteroatoms. The Balaban J connectivity index is 0.000000117. The molecular formula is C135H92O3. The summed E-state index contributed by atoms with van der Waals surface area (Å²) in [5.41, 5.74) is 26.0. The molecule has 0 radical (unpaired) electrons. The Morgan fingerprint density at radius 2 is 0.377 bits per heavy atom. The van der Waals surface area contributed by atoms with Crippen LogP contribution < -0.4 is 0 Å². The van der Waals surface area contributed by atoms with Gasteiger partial charge >= 0.3 is 0 Å². The van der Waals surface area contributed by atoms with Crippen LogP contribution >= 0.6 is 0 Å². The van der Waals surface area contributed by atoms with Crippen molar-refractivity contribution >= 4 is 130 Å². The number of furan rings is 3. The van der Waals surface area contributed by atoms with Crippen LogP contribution in [-0.2, 0) is 16.2 Å². The summed E-state index contributed by atoms with van der Waals surface area (Å²) in [5, 5.41) is 6.53. The molecule has 3 aliphatic rings. The standard InChI is InChI=1S/2C47H32O.C41H28O/c1-47(2)40-22-9-7-15-32(40)39-28-30(25-26-41(39)47)29-13-11-14-31(27-29)44-33-16-3-5-18-35(33)45(36-19-6-4-17-34(36)44)38-21-12-24-43-46(38)37-20-8-10-23-42(37)48-43;1-47(2)40-19-9-7-12-32(40)39-28-31(26-27-41(39)47)29-22-24-30(25-23-29)44-33-13-3-5-15-35(33)45(36-16-6-4-14-34(36)44)38-18-11-21-43-46(38)37-17-8-10-20-42(37)48-43;1-41(2)34-19-9-7-12-26(34)33-24-25(22-23-35(33)41)38-27-13-3-5-15-29(27)39(30-16-6-4-14-28(30)38)32-18-11-21-37-40(32)31-17-8-10-20-36(31)42-37/h2*3-28H,1-2H3;3-24H,1-2H3/i3D,4D,5D,6D,16D,17D,18D,19D;2*3D,4D,5D,6D,13D,14D,15D,16D. The molecule has 650 valence electrons. The second-order valence-corrected chi connectivity index (χ2v) is 37.5. The van der Waals surface area contributed by atoms with E-state index in [2.05, 4.69) is 139 Å². The lowest BCUT2D eigenvalue weighted by Crippen LogP contribution is -2.14. The summed E-state index contributed by atoms with van der Waals surface area (Å²) in [4.78, 5) is 0. The molecule has 3 heterocycles. The summed E-state index contributed by atoms with van der Waals surface area (Å²) in [7, 11) is 0. The summed E-state index contributed by atoms with van der Waals surface area (Å²) >= 11 is 0. The van der Waals surface area contributed by atoms with Crippen molar-refractivity contribution in [2.75, 3.05) is 0 Å². The molecule has 0 saturated carbocycles. The lowest BCUT2D eigenvalue weighted by molar-refractivity contribution is 0.660. The first kappa shape index (κ1) is 59.6. The highest BCUT2D eigenvalue weighted by Crippen LogP contribution is 2.57. The highest BCUT2D eigenvalue weighted by Gasteiger charge is 2.39. The lowest BCUT2D eigenvalue weighted by Gasteiger charge is -2.22. The molecule has 0 N–H and O–H groups in total. The van der Waals surface area contributed by atoms with Crippen molar-refractivity contribution in [1.29, 1.82) is 0 Å². The number of fused-ring (bicyclic) bond motifs is 24. The van der Waals surface area contributed by atoms with Gasteiger partial charge in [0.1, 0.15) is 33.5 Å². The topological polar surface area (TPSA) is 39.4 Å². The van der Waals surface area contributed by atoms with Crippen LogP contribution in [-0.4, -0.2) is 0 Å². The first-order valence-electron chi connectivity index (χ1n) is 58.3. The summed E-state index contributed by atoms with van der Waals surface area (Å²) in [5.74, 6) is 0. The van der Waals surface area contributed by atoms with Gasteiger partial charge in [-0.25, -0.2) is 0 Å². The van der Waals surface area contributed by atoms with E-state index in [9.17, 15) is 16.4 Å². The second-order valence-electron chi connectivity index (χ2n) is 37.5. The van der Waals surface area contributed by atoms with Crippen LogP contribution in [0.1, 0.15) is 108 Å². The van der Waals surface area contributed by atoms with E-state index >= 15 is 0 Å². The van der Waals surface area contributed by atoms with Gasteiger partial charge in [-0.05, 0) is 281 Å². The third kappa shape index (κ3) is 12.2. The van der Waals surface area contributed by atoms with Gasteiger partial charge in [0.05, 0.1) is 32.9 Å². The highest BCUT2D eigenvalue weighted by molar-refractivity contribution is 6.30. The van der Waals surface area contributed by atoms with Gasteiger partial charge in [0.25, 0.3) is 0 Å². The Morgan fingerprint density at radius 3 is 0.717 bits per heavy atom. The smallest absolute Gasteiger partial charge is 0.136 e. The maximum absolute atomic E-state index is 9.44. The number of rotatable bonds is 8. The SMILES string of the molecule is [2H]c1c([2H])c([2H])c2c(-c3cccc4oc5ccccc5c34)c3c([2H])c([2H])c([2H])c([2H])c3c(-c3ccc(-c4ccc5c(c4)-c4ccccc4C5(C)C)cc3)c2c1[2H].[2H]c1c([2H])c([2H])c2c(-c3cccc4oc5ccccc5c34)c3c([2H])c([2H])c([2H])c([2H])c3c(-c3ccc4c(c3)-c3ccccc3C4(C)C)c2c1[2H].[2H]c1c([2H])c([2H])c2c(-c3cccc4oc5ccccc5c34)c3c([2H])c([2H])c([2H])c([2H])c3c(-c3cccc(-c4ccc5c(c4)-c4ccccc4C5(C)C)c3)c2c1[2H]. The molecule has 26 aromatic rings. The maximum Gasteiger partial charge on any atom is 0.136 e. The minimum absolute atomic E-state index is 0.126. The molecule has 0 bridgehead atoms. The quantitative estimate of drug-likeness (QED) is 0.142. The van der Waals surface area contributed by atoms with Crippen LogP contribution in [0.25, 0.3) is 253 Å². The van der Waals surface area contributed by atoms with E-state index in [1.54, 1.807) is 18.2 Å². The Labute approximate surface area is 834 Å². The van der Waals surface area contributed by atoms with E-state index in [1.807, 2.05) is 188 Å². The van der Waals surface area contributed by atoms with Gasteiger partial charge < -0.3 is 13.3 Å².